The molecule has 0 aromatic heterocycles. The smallest absolute Gasteiger partial charge is 0.417 e. The number of hydrogen-bond acceptors (Lipinski definition) is 10. The topological polar surface area (TPSA) is 135 Å². The first kappa shape index (κ1) is 49.5. The molecule has 58 heavy (non-hydrogen) atoms. The van der Waals surface area contributed by atoms with E-state index in [0.717, 1.165) is 22.3 Å². The normalized spacial score (nSPS) is 14.2. The molecule has 0 spiro atoms. The SMILES string of the molecule is CCOP(=O)(C(=O)c1c(C)cc(CO)cc1C)c1ccccc1.CCOP(=O)(C(=O)c1c(C)cc(CO[Si](C)(O[Si](C)(C)C)O[Si](C)(C)C)cc1C)c1ccccc1. The Hall–Kier alpha value is -2.91. The first-order chi connectivity index (χ1) is 26.9. The predicted octanol–water partition coefficient (Wildman–Crippen LogP) is 10.4. The predicted molar refractivity (Wildman–Crippen MR) is 242 cm³/mol. The third-order valence-electron chi connectivity index (χ3n) is 8.63. The molecule has 1 N–H and O–H groups in total. The minimum Gasteiger partial charge on any atom is -0.417 e. The Balaban J connectivity index is 0.000000338. The van der Waals surface area contributed by atoms with Crippen LogP contribution in [0.2, 0.25) is 45.8 Å². The molecule has 0 fully saturated rings. The highest BCUT2D eigenvalue weighted by molar-refractivity contribution is 7.84. The third kappa shape index (κ3) is 13.0. The van der Waals surface area contributed by atoms with Crippen LogP contribution in [0.1, 0.15) is 67.9 Å². The fourth-order valence-corrected chi connectivity index (χ4v) is 21.3. The maximum absolute atomic E-state index is 13.8. The van der Waals surface area contributed by atoms with Crippen molar-refractivity contribution in [3.63, 3.8) is 0 Å². The zero-order valence-corrected chi connectivity index (χ0v) is 41.2. The first-order valence-electron chi connectivity index (χ1n) is 19.5. The zero-order chi connectivity index (χ0) is 43.7. The highest BCUT2D eigenvalue weighted by Crippen LogP contribution is 2.51. The van der Waals surface area contributed by atoms with Gasteiger partial charge in [0.05, 0.1) is 26.4 Å². The Kier molecular flexibility index (Phi) is 17.5. The molecule has 4 aromatic rings. The number of aliphatic hydroxyl groups excluding tert-OH is 1. The fraction of sp³-hybridized carbons (Fsp3) is 0.395. The van der Waals surface area contributed by atoms with Crippen molar-refractivity contribution in [1.82, 2.24) is 0 Å². The van der Waals surface area contributed by atoms with Crippen LogP contribution in [-0.2, 0) is 44.0 Å². The van der Waals surface area contributed by atoms with Crippen LogP contribution in [0.5, 0.6) is 0 Å². The number of aryl methyl sites for hydroxylation is 4. The lowest BCUT2D eigenvalue weighted by atomic mass is 10.0. The second kappa shape index (κ2) is 20.6. The molecular weight excluding hydrogens is 823 g/mol. The van der Waals surface area contributed by atoms with Gasteiger partial charge in [-0.15, -0.1) is 0 Å². The molecule has 0 aliphatic heterocycles. The molecule has 10 nitrogen and oxygen atoms in total. The number of rotatable bonds is 18. The van der Waals surface area contributed by atoms with E-state index in [0.29, 0.717) is 39.5 Å². The summed E-state index contributed by atoms with van der Waals surface area (Å²) in [6, 6.07) is 24.6. The van der Waals surface area contributed by atoms with Crippen molar-refractivity contribution in [3.05, 3.63) is 129 Å². The van der Waals surface area contributed by atoms with Crippen molar-refractivity contribution in [2.75, 3.05) is 13.2 Å². The summed E-state index contributed by atoms with van der Waals surface area (Å²) in [7, 11) is -14.1. The summed E-state index contributed by atoms with van der Waals surface area (Å²) >= 11 is 0. The van der Waals surface area contributed by atoms with Crippen molar-refractivity contribution in [2.45, 2.75) is 101 Å². The fourth-order valence-electron chi connectivity index (χ4n) is 6.77. The molecule has 4 rings (SSSR count). The van der Waals surface area contributed by atoms with Gasteiger partial charge >= 0.3 is 23.5 Å². The minimum atomic E-state index is -3.74. The van der Waals surface area contributed by atoms with Gasteiger partial charge in [0.1, 0.15) is 0 Å². The van der Waals surface area contributed by atoms with Gasteiger partial charge in [0.25, 0.3) is 11.0 Å². The summed E-state index contributed by atoms with van der Waals surface area (Å²) in [5, 5.41) is 10.1. The molecule has 0 amide bonds. The summed E-state index contributed by atoms with van der Waals surface area (Å²) < 4.78 is 57.4. The summed E-state index contributed by atoms with van der Waals surface area (Å²) in [5.74, 6) is 0. The van der Waals surface area contributed by atoms with Gasteiger partial charge in [-0.25, -0.2) is 0 Å². The lowest BCUT2D eigenvalue weighted by Gasteiger charge is -2.37. The monoisotopic (exact) mass is 884 g/mol. The lowest BCUT2D eigenvalue weighted by molar-refractivity contribution is 0.104. The third-order valence-corrected chi connectivity index (χ3v) is 21.9. The van der Waals surface area contributed by atoms with Crippen LogP contribution in [0.4, 0.5) is 0 Å². The van der Waals surface area contributed by atoms with Crippen LogP contribution in [0.15, 0.2) is 84.9 Å². The van der Waals surface area contributed by atoms with Crippen molar-refractivity contribution >= 4 is 61.8 Å². The van der Waals surface area contributed by atoms with Gasteiger partial charge in [-0.05, 0) is 138 Å². The number of aliphatic hydroxyl groups is 1. The number of carbonyl (C=O) groups excluding carboxylic acids is 2. The molecule has 15 heteroatoms. The molecule has 0 saturated carbocycles. The summed E-state index contributed by atoms with van der Waals surface area (Å²) in [5.41, 5.74) is 4.37. The summed E-state index contributed by atoms with van der Waals surface area (Å²) in [6.45, 7) is 26.1. The molecule has 0 aliphatic carbocycles. The lowest BCUT2D eigenvalue weighted by Crippen LogP contribution is -2.54. The van der Waals surface area contributed by atoms with Gasteiger partial charge in [0.2, 0.25) is 0 Å². The average molecular weight is 885 g/mol. The maximum atomic E-state index is 13.8. The molecule has 0 saturated heterocycles. The van der Waals surface area contributed by atoms with Crippen LogP contribution in [0.25, 0.3) is 0 Å². The van der Waals surface area contributed by atoms with Crippen molar-refractivity contribution < 1.29 is 45.5 Å². The van der Waals surface area contributed by atoms with Crippen molar-refractivity contribution in [3.8, 4) is 0 Å². The van der Waals surface area contributed by atoms with E-state index in [9.17, 15) is 23.8 Å². The van der Waals surface area contributed by atoms with E-state index in [1.54, 1.807) is 94.4 Å². The van der Waals surface area contributed by atoms with Crippen LogP contribution in [-0.4, -0.2) is 54.8 Å². The van der Waals surface area contributed by atoms with Crippen molar-refractivity contribution in [2.24, 2.45) is 0 Å². The molecule has 316 valence electrons. The number of carbonyl (C=O) groups is 2. The largest absolute Gasteiger partial charge is 0.477 e. The Morgan fingerprint density at radius 2 is 0.897 bits per heavy atom. The minimum absolute atomic E-state index is 0.0992. The molecule has 2 atom stereocenters. The van der Waals surface area contributed by atoms with Gasteiger partial charge in [-0.3, -0.25) is 18.7 Å². The van der Waals surface area contributed by atoms with Crippen LogP contribution < -0.4 is 10.6 Å². The van der Waals surface area contributed by atoms with E-state index in [1.165, 1.54) is 0 Å². The van der Waals surface area contributed by atoms with E-state index >= 15 is 0 Å². The van der Waals surface area contributed by atoms with Crippen LogP contribution in [0.3, 0.4) is 0 Å². The second-order valence-electron chi connectivity index (χ2n) is 16.2. The Morgan fingerprint density at radius 1 is 0.569 bits per heavy atom. The molecule has 0 radical (unpaired) electrons. The second-order valence-corrected chi connectivity index (χ2v) is 32.8. The van der Waals surface area contributed by atoms with Crippen molar-refractivity contribution in [1.29, 1.82) is 0 Å². The van der Waals surface area contributed by atoms with Gasteiger partial charge in [-0.1, -0.05) is 60.7 Å². The van der Waals surface area contributed by atoms with E-state index in [1.807, 2.05) is 38.6 Å². The highest BCUT2D eigenvalue weighted by atomic mass is 31.2. The van der Waals surface area contributed by atoms with Gasteiger partial charge in [0, 0.05) is 28.3 Å². The van der Waals surface area contributed by atoms with Gasteiger partial charge < -0.3 is 26.8 Å². The summed E-state index contributed by atoms with van der Waals surface area (Å²) in [4.78, 5) is 26.6. The Bertz CT molecular complexity index is 2070. The zero-order valence-electron chi connectivity index (χ0n) is 36.4. The molecule has 0 heterocycles. The molecule has 4 aromatic carbocycles. The molecule has 0 bridgehead atoms. The number of benzene rings is 4. The maximum Gasteiger partial charge on any atom is 0.477 e. The summed E-state index contributed by atoms with van der Waals surface area (Å²) in [6.07, 6.45) is 0. The van der Waals surface area contributed by atoms with E-state index < -0.39 is 51.2 Å². The van der Waals surface area contributed by atoms with E-state index in [-0.39, 0.29) is 19.8 Å². The van der Waals surface area contributed by atoms with Gasteiger partial charge in [-0.2, -0.15) is 0 Å². The standard InChI is InChI=1S/C25H41O6PSi3.C18H21O4P/c1-11-28-32(27,23-15-13-12-14-16-23)25(26)24-20(2)17-22(18-21(24)3)19-29-35(10,30-33(4,5)6)31-34(7,8)9;1-4-22-23(21,16-8-6-5-7-9-16)18(20)17-13(2)10-15(12-19)11-14(17)3/h12-18H,11,19H2,1-10H3;5-11,19H,4,12H2,1-3H3. The van der Waals surface area contributed by atoms with Gasteiger partial charge in [0.15, 0.2) is 16.6 Å². The average Bonchev–Trinajstić information content (AvgIpc) is 3.13. The molecule has 2 unspecified atom stereocenters. The van der Waals surface area contributed by atoms with Crippen LogP contribution >= 0.6 is 14.7 Å². The highest BCUT2D eigenvalue weighted by Gasteiger charge is 2.43. The van der Waals surface area contributed by atoms with Crippen LogP contribution in [0, 0.1) is 27.7 Å². The quantitative estimate of drug-likeness (QED) is 0.0760. The Labute approximate surface area is 349 Å². The first-order valence-corrected chi connectivity index (χ1v) is 31.8. The van der Waals surface area contributed by atoms with E-state index in [2.05, 4.69) is 39.3 Å². The number of hydrogen-bond donors (Lipinski definition) is 1. The molecule has 0 aliphatic rings. The molecular formula is C43H62O10P2Si3. The van der Waals surface area contributed by atoms with E-state index in [4.69, 9.17) is 21.7 Å². The Morgan fingerprint density at radius 3 is 1.19 bits per heavy atom.